The number of aliphatic carboxylic acids is 1. The van der Waals surface area contributed by atoms with Gasteiger partial charge in [-0.25, -0.2) is 4.79 Å². The van der Waals surface area contributed by atoms with Gasteiger partial charge in [-0.15, -0.1) is 0 Å². The first kappa shape index (κ1) is 31.3. The Morgan fingerprint density at radius 2 is 1.93 bits per heavy atom. The predicted octanol–water partition coefficient (Wildman–Crippen LogP) is -0.118. The third-order valence-electron chi connectivity index (χ3n) is 6.78. The molecule has 14 heteroatoms. The van der Waals surface area contributed by atoms with Crippen LogP contribution in [0.3, 0.4) is 0 Å². The van der Waals surface area contributed by atoms with Gasteiger partial charge in [0.15, 0.2) is 0 Å². The summed E-state index contributed by atoms with van der Waals surface area (Å²) in [6, 6.07) is 3.69. The maximum absolute atomic E-state index is 13.1. The van der Waals surface area contributed by atoms with Crippen LogP contribution in [0.4, 0.5) is 0 Å². The van der Waals surface area contributed by atoms with E-state index in [1.54, 1.807) is 6.20 Å². The monoisotopic (exact) mass is 592 g/mol. The molecule has 7 N–H and O–H groups in total. The summed E-state index contributed by atoms with van der Waals surface area (Å²) < 4.78 is 0. The number of thiol groups is 1. The highest BCUT2D eigenvalue weighted by Crippen LogP contribution is 2.21. The molecule has 40 heavy (non-hydrogen) atoms. The third-order valence-corrected chi connectivity index (χ3v) is 7.82. The number of para-hydroxylation sites is 1. The normalized spacial score (nSPS) is 17.2. The second-order valence-corrected chi connectivity index (χ2v) is 10.9. The van der Waals surface area contributed by atoms with Crippen molar-refractivity contribution in [2.24, 2.45) is 5.73 Å². The van der Waals surface area contributed by atoms with E-state index in [1.165, 1.54) is 16.7 Å². The molecule has 2 heterocycles. The lowest BCUT2D eigenvalue weighted by Gasteiger charge is -2.26. The van der Waals surface area contributed by atoms with Crippen molar-refractivity contribution in [3.63, 3.8) is 0 Å². The van der Waals surface area contributed by atoms with Gasteiger partial charge in [0.05, 0.1) is 12.6 Å². The number of nitrogens with zero attached hydrogens (tertiary/aromatic N) is 1. The number of amides is 4. The molecule has 1 aromatic heterocycles. The number of H-pyrrole nitrogens is 1. The molecular formula is C26H36N6O6S2. The standard InChI is InChI=1S/C26H36N6O6S2/c1-40-10-8-19(30-23(34)17(27)14-39)24(35)29-13-22(33)32-9-4-7-21(32)25(36)31-20(26(37)38)11-15-12-28-18-6-3-2-5-16(15)18/h2-3,5-6,12,17,19-21,28,39H,4,7-11,13-14,27H2,1H3,(H,29,35)(H,30,34)(H,31,36)(H,37,38)/t17-,19-,20-,21-/m0/s1. The largest absolute Gasteiger partial charge is 0.480 e. The molecule has 1 saturated heterocycles. The minimum absolute atomic E-state index is 0.0713. The minimum Gasteiger partial charge on any atom is -0.480 e. The van der Waals surface area contributed by atoms with E-state index in [9.17, 15) is 29.1 Å². The molecule has 3 rings (SSSR count). The number of benzene rings is 1. The minimum atomic E-state index is -1.19. The van der Waals surface area contributed by atoms with Crippen LogP contribution in [0, 0.1) is 0 Å². The fourth-order valence-electron chi connectivity index (χ4n) is 4.58. The van der Waals surface area contributed by atoms with Crippen LogP contribution in [0.15, 0.2) is 30.5 Å². The van der Waals surface area contributed by atoms with E-state index in [1.807, 2.05) is 30.5 Å². The van der Waals surface area contributed by atoms with Crippen LogP contribution >= 0.6 is 24.4 Å². The number of carbonyl (C=O) groups is 5. The summed E-state index contributed by atoms with van der Waals surface area (Å²) in [6.07, 6.45) is 4.94. The third kappa shape index (κ3) is 8.15. The van der Waals surface area contributed by atoms with Crippen LogP contribution in [0.1, 0.15) is 24.8 Å². The number of hydrogen-bond donors (Lipinski definition) is 7. The molecule has 0 saturated carbocycles. The molecule has 1 aromatic carbocycles. The highest BCUT2D eigenvalue weighted by atomic mass is 32.2. The molecule has 4 atom stereocenters. The molecule has 4 amide bonds. The Bertz CT molecular complexity index is 1220. The van der Waals surface area contributed by atoms with Crippen molar-refractivity contribution in [2.75, 3.05) is 30.9 Å². The van der Waals surface area contributed by atoms with Gasteiger partial charge in [0.1, 0.15) is 18.1 Å². The molecule has 1 fully saturated rings. The number of aromatic nitrogens is 1. The lowest BCUT2D eigenvalue weighted by Crippen LogP contribution is -2.55. The summed E-state index contributed by atoms with van der Waals surface area (Å²) in [6.45, 7) is -0.0685. The Balaban J connectivity index is 1.59. The number of carboxylic acids is 1. The molecule has 0 unspecified atom stereocenters. The van der Waals surface area contributed by atoms with E-state index >= 15 is 0 Å². The van der Waals surface area contributed by atoms with Crippen LogP contribution in [0.25, 0.3) is 10.9 Å². The van der Waals surface area contributed by atoms with Gasteiger partial charge < -0.3 is 36.7 Å². The molecule has 1 aliphatic heterocycles. The number of carbonyl (C=O) groups excluding carboxylic acids is 4. The fourth-order valence-corrected chi connectivity index (χ4v) is 5.22. The van der Waals surface area contributed by atoms with E-state index in [0.29, 0.717) is 31.6 Å². The van der Waals surface area contributed by atoms with Gasteiger partial charge in [-0.3, -0.25) is 19.2 Å². The summed E-state index contributed by atoms with van der Waals surface area (Å²) in [4.78, 5) is 67.5. The molecule has 218 valence electrons. The molecule has 0 bridgehead atoms. The molecule has 0 spiro atoms. The van der Waals surface area contributed by atoms with Gasteiger partial charge in [-0.2, -0.15) is 24.4 Å². The zero-order valence-electron chi connectivity index (χ0n) is 22.2. The number of rotatable bonds is 14. The van der Waals surface area contributed by atoms with Gasteiger partial charge in [-0.05, 0) is 42.9 Å². The number of likely N-dealkylation sites (tertiary alicyclic amines) is 1. The average molecular weight is 593 g/mol. The van der Waals surface area contributed by atoms with Crippen molar-refractivity contribution in [1.82, 2.24) is 25.8 Å². The van der Waals surface area contributed by atoms with E-state index < -0.39 is 53.8 Å². The zero-order valence-corrected chi connectivity index (χ0v) is 23.9. The zero-order chi connectivity index (χ0) is 29.2. The van der Waals surface area contributed by atoms with Crippen molar-refractivity contribution in [2.45, 2.75) is 49.9 Å². The van der Waals surface area contributed by atoms with Crippen molar-refractivity contribution >= 4 is 64.9 Å². The van der Waals surface area contributed by atoms with Crippen LogP contribution in [-0.4, -0.2) is 99.6 Å². The van der Waals surface area contributed by atoms with Crippen LogP contribution in [-0.2, 0) is 30.4 Å². The topological polar surface area (TPSA) is 187 Å². The van der Waals surface area contributed by atoms with Crippen molar-refractivity contribution in [1.29, 1.82) is 0 Å². The second-order valence-electron chi connectivity index (χ2n) is 9.56. The first-order valence-electron chi connectivity index (χ1n) is 13.0. The Morgan fingerprint density at radius 1 is 1.18 bits per heavy atom. The predicted molar refractivity (Wildman–Crippen MR) is 156 cm³/mol. The molecule has 0 aliphatic carbocycles. The molecule has 1 aliphatic rings. The number of fused-ring (bicyclic) bond motifs is 1. The van der Waals surface area contributed by atoms with Crippen LogP contribution < -0.4 is 21.7 Å². The Morgan fingerprint density at radius 3 is 2.62 bits per heavy atom. The number of carboxylic acid groups (broad SMARTS) is 1. The molecule has 2 aromatic rings. The van der Waals surface area contributed by atoms with Crippen molar-refractivity contribution < 1.29 is 29.1 Å². The quantitative estimate of drug-likeness (QED) is 0.148. The maximum Gasteiger partial charge on any atom is 0.326 e. The van der Waals surface area contributed by atoms with E-state index in [-0.39, 0.29) is 18.7 Å². The van der Waals surface area contributed by atoms with Crippen LogP contribution in [0.5, 0.6) is 0 Å². The maximum atomic E-state index is 13.1. The van der Waals surface area contributed by atoms with Gasteiger partial charge in [0, 0.05) is 35.8 Å². The van der Waals surface area contributed by atoms with Crippen LogP contribution in [0.2, 0.25) is 0 Å². The van der Waals surface area contributed by atoms with Gasteiger partial charge in [0.25, 0.3) is 0 Å². The van der Waals surface area contributed by atoms with E-state index in [2.05, 4.69) is 33.6 Å². The smallest absolute Gasteiger partial charge is 0.326 e. The number of nitrogens with one attached hydrogen (secondary N) is 4. The lowest BCUT2D eigenvalue weighted by atomic mass is 10.0. The summed E-state index contributed by atoms with van der Waals surface area (Å²) >= 11 is 5.51. The van der Waals surface area contributed by atoms with Crippen molar-refractivity contribution in [3.8, 4) is 0 Å². The highest BCUT2D eigenvalue weighted by Gasteiger charge is 2.36. The summed E-state index contributed by atoms with van der Waals surface area (Å²) in [5, 5.41) is 18.4. The summed E-state index contributed by atoms with van der Waals surface area (Å²) in [7, 11) is 0. The second kappa shape index (κ2) is 15.0. The Labute approximate surface area is 242 Å². The van der Waals surface area contributed by atoms with Crippen molar-refractivity contribution in [3.05, 3.63) is 36.0 Å². The van der Waals surface area contributed by atoms with E-state index in [0.717, 1.165) is 16.5 Å². The average Bonchev–Trinajstić information content (AvgIpc) is 3.60. The summed E-state index contributed by atoms with van der Waals surface area (Å²) in [5.41, 5.74) is 7.31. The number of aromatic amines is 1. The number of nitrogens with two attached hydrogens (primary N) is 1. The first-order chi connectivity index (χ1) is 19.2. The van der Waals surface area contributed by atoms with Gasteiger partial charge in [0.2, 0.25) is 23.6 Å². The highest BCUT2D eigenvalue weighted by molar-refractivity contribution is 7.98. The fraction of sp³-hybridized carbons (Fsp3) is 0.500. The molecule has 12 nitrogen and oxygen atoms in total. The Kier molecular flexibility index (Phi) is 11.7. The number of thioether (sulfide) groups is 1. The molecule has 0 radical (unpaired) electrons. The lowest BCUT2D eigenvalue weighted by molar-refractivity contribution is -0.144. The van der Waals surface area contributed by atoms with Gasteiger partial charge in [-0.1, -0.05) is 18.2 Å². The molecular weight excluding hydrogens is 556 g/mol. The number of hydrogen-bond acceptors (Lipinski definition) is 8. The first-order valence-corrected chi connectivity index (χ1v) is 15.0. The van der Waals surface area contributed by atoms with Gasteiger partial charge >= 0.3 is 5.97 Å². The Hall–Kier alpha value is -3.23. The summed E-state index contributed by atoms with van der Waals surface area (Å²) in [5.74, 6) is -2.56. The SMILES string of the molecule is CSCC[C@H](NC(=O)[C@@H](N)CS)C(=O)NCC(=O)N1CCC[C@H]1C(=O)N[C@@H](Cc1c[nH]c2ccccc12)C(=O)O. The van der Waals surface area contributed by atoms with E-state index in [4.69, 9.17) is 5.73 Å².